The minimum Gasteiger partial charge on any atom is -0.353 e. The van der Waals surface area contributed by atoms with Crippen molar-refractivity contribution in [1.29, 1.82) is 0 Å². The lowest BCUT2D eigenvalue weighted by molar-refractivity contribution is -0.124. The summed E-state index contributed by atoms with van der Waals surface area (Å²) in [6.07, 6.45) is 0.849. The van der Waals surface area contributed by atoms with Crippen LogP contribution in [0.5, 0.6) is 0 Å². The molecule has 0 spiro atoms. The van der Waals surface area contributed by atoms with E-state index in [2.05, 4.69) is 53.8 Å². The predicted octanol–water partition coefficient (Wildman–Crippen LogP) is 2.93. The van der Waals surface area contributed by atoms with Crippen LogP contribution in [0, 0.1) is 0 Å². The molecule has 1 heterocycles. The summed E-state index contributed by atoms with van der Waals surface area (Å²) in [5, 5.41) is 3.48. The van der Waals surface area contributed by atoms with Crippen molar-refractivity contribution in [3.63, 3.8) is 0 Å². The van der Waals surface area contributed by atoms with Crippen molar-refractivity contribution in [2.24, 2.45) is 0 Å². The van der Waals surface area contributed by atoms with Crippen LogP contribution in [0.4, 0.5) is 0 Å². The molecule has 1 amide bonds. The Bertz CT molecular complexity index is 602. The lowest BCUT2D eigenvalue weighted by Crippen LogP contribution is -2.32. The Hall–Kier alpha value is -2.20. The van der Waals surface area contributed by atoms with Gasteiger partial charge in [-0.05, 0) is 29.8 Å². The fourth-order valence-electron chi connectivity index (χ4n) is 2.84. The predicted molar refractivity (Wildman–Crippen MR) is 91.7 cm³/mol. The lowest BCUT2D eigenvalue weighted by atomic mass is 9.88. The first kappa shape index (κ1) is 14.7. The van der Waals surface area contributed by atoms with E-state index < -0.39 is 0 Å². The largest absolute Gasteiger partial charge is 0.353 e. The maximum Gasteiger partial charge on any atom is 0.248 e. The van der Waals surface area contributed by atoms with Crippen molar-refractivity contribution in [2.45, 2.75) is 12.3 Å². The van der Waals surface area contributed by atoms with Gasteiger partial charge in [-0.3, -0.25) is 9.69 Å². The van der Waals surface area contributed by atoms with Crippen LogP contribution in [0.15, 0.2) is 60.7 Å². The average Bonchev–Trinajstić information content (AvgIpc) is 2.89. The van der Waals surface area contributed by atoms with Crippen LogP contribution in [0.2, 0.25) is 0 Å². The van der Waals surface area contributed by atoms with Gasteiger partial charge in [-0.2, -0.15) is 0 Å². The summed E-state index contributed by atoms with van der Waals surface area (Å²) in [5.41, 5.74) is 2.53. The van der Waals surface area contributed by atoms with Gasteiger partial charge in [0.1, 0.15) is 0 Å². The molecule has 0 saturated carbocycles. The number of nitrogens with one attached hydrogen (secondary N) is 1. The molecule has 4 heteroatoms. The summed E-state index contributed by atoms with van der Waals surface area (Å²) in [6.45, 7) is 0.958. The molecule has 1 saturated heterocycles. The quantitative estimate of drug-likeness (QED) is 0.862. The molecule has 0 aliphatic carbocycles. The molecule has 2 aromatic carbocycles. The topological polar surface area (TPSA) is 32.3 Å². The van der Waals surface area contributed by atoms with Crippen LogP contribution in [-0.4, -0.2) is 29.0 Å². The van der Waals surface area contributed by atoms with Crippen molar-refractivity contribution in [2.75, 3.05) is 13.1 Å². The molecule has 0 aromatic heterocycles. The number of hydrogen-bond acceptors (Lipinski definition) is 2. The molecule has 22 heavy (non-hydrogen) atoms. The highest BCUT2D eigenvalue weighted by Crippen LogP contribution is 2.28. The van der Waals surface area contributed by atoms with Crippen LogP contribution in [-0.2, 0) is 4.79 Å². The lowest BCUT2D eigenvalue weighted by Gasteiger charge is -2.21. The van der Waals surface area contributed by atoms with Gasteiger partial charge in [0, 0.05) is 12.5 Å². The number of hydrogen-bond donors (Lipinski definition) is 1. The Kier molecular flexibility index (Phi) is 4.49. The van der Waals surface area contributed by atoms with Crippen molar-refractivity contribution in [3.8, 4) is 0 Å². The third-order valence-electron chi connectivity index (χ3n) is 3.98. The number of carbonyl (C=O) groups excluding carboxylic acids is 1. The number of nitrogens with zero attached hydrogens (tertiary/aromatic N) is 1. The second-order valence-corrected chi connectivity index (χ2v) is 5.75. The molecule has 1 aliphatic rings. The summed E-state index contributed by atoms with van der Waals surface area (Å²) < 4.78 is 0. The Labute approximate surface area is 136 Å². The van der Waals surface area contributed by atoms with Crippen molar-refractivity contribution in [3.05, 3.63) is 71.8 Å². The number of thiocarbonyl (C=S) groups is 1. The van der Waals surface area contributed by atoms with Gasteiger partial charge in [-0.1, -0.05) is 60.7 Å². The molecule has 0 unspecified atom stereocenters. The van der Waals surface area contributed by atoms with E-state index in [4.69, 9.17) is 12.2 Å². The molecular weight excluding hydrogens is 292 g/mol. The SMILES string of the molecule is O=C1CNC(=S)N1CCC(c1ccccc1)c1ccccc1. The van der Waals surface area contributed by atoms with Crippen LogP contribution in [0.25, 0.3) is 0 Å². The minimum atomic E-state index is 0.0601. The molecule has 3 rings (SSSR count). The van der Waals surface area contributed by atoms with Crippen LogP contribution < -0.4 is 5.32 Å². The molecule has 112 valence electrons. The first-order chi connectivity index (χ1) is 10.8. The molecule has 1 N–H and O–H groups in total. The molecule has 1 fully saturated rings. The van der Waals surface area contributed by atoms with Crippen LogP contribution in [0.1, 0.15) is 23.5 Å². The zero-order valence-electron chi connectivity index (χ0n) is 12.2. The fourth-order valence-corrected chi connectivity index (χ4v) is 3.10. The van der Waals surface area contributed by atoms with Crippen LogP contribution >= 0.6 is 12.2 Å². The average molecular weight is 310 g/mol. The summed E-state index contributed by atoms with van der Waals surface area (Å²) in [5.74, 6) is 0.323. The monoisotopic (exact) mass is 310 g/mol. The summed E-state index contributed by atoms with van der Waals surface area (Å²) >= 11 is 5.20. The van der Waals surface area contributed by atoms with E-state index in [-0.39, 0.29) is 11.8 Å². The summed E-state index contributed by atoms with van der Waals surface area (Å²) in [4.78, 5) is 13.5. The van der Waals surface area contributed by atoms with E-state index in [1.165, 1.54) is 11.1 Å². The zero-order valence-corrected chi connectivity index (χ0v) is 13.1. The highest BCUT2D eigenvalue weighted by Gasteiger charge is 2.26. The molecular formula is C18H18N2OS. The fraction of sp³-hybridized carbons (Fsp3) is 0.222. The smallest absolute Gasteiger partial charge is 0.248 e. The molecule has 0 atom stereocenters. The Balaban J connectivity index is 1.81. The van der Waals surface area contributed by atoms with E-state index in [0.717, 1.165) is 6.42 Å². The molecule has 0 bridgehead atoms. The number of benzene rings is 2. The Morgan fingerprint density at radius 2 is 1.55 bits per heavy atom. The number of rotatable bonds is 5. The highest BCUT2D eigenvalue weighted by molar-refractivity contribution is 7.80. The maximum atomic E-state index is 11.8. The van der Waals surface area contributed by atoms with E-state index in [9.17, 15) is 4.79 Å². The van der Waals surface area contributed by atoms with Gasteiger partial charge >= 0.3 is 0 Å². The van der Waals surface area contributed by atoms with E-state index >= 15 is 0 Å². The summed E-state index contributed by atoms with van der Waals surface area (Å²) in [7, 11) is 0. The third kappa shape index (κ3) is 3.17. The normalized spacial score (nSPS) is 14.5. The highest BCUT2D eigenvalue weighted by atomic mass is 32.1. The second-order valence-electron chi connectivity index (χ2n) is 5.37. The Morgan fingerprint density at radius 3 is 2.00 bits per heavy atom. The summed E-state index contributed by atoms with van der Waals surface area (Å²) in [6, 6.07) is 20.8. The van der Waals surface area contributed by atoms with Crippen molar-refractivity contribution >= 4 is 23.2 Å². The standard InChI is InChI=1S/C18H18N2OS/c21-17-13-19-18(22)20(17)12-11-16(14-7-3-1-4-8-14)15-9-5-2-6-10-15/h1-10,16H,11-13H2,(H,19,22). The Morgan fingerprint density at radius 1 is 1.00 bits per heavy atom. The van der Waals surface area contributed by atoms with Crippen molar-refractivity contribution in [1.82, 2.24) is 10.2 Å². The van der Waals surface area contributed by atoms with E-state index in [1.54, 1.807) is 4.90 Å². The first-order valence-corrected chi connectivity index (χ1v) is 7.84. The minimum absolute atomic E-state index is 0.0601. The maximum absolute atomic E-state index is 11.8. The van der Waals surface area contributed by atoms with Crippen molar-refractivity contribution < 1.29 is 4.79 Å². The molecule has 1 aliphatic heterocycles. The molecule has 2 aromatic rings. The van der Waals surface area contributed by atoms with Gasteiger partial charge in [-0.25, -0.2) is 0 Å². The van der Waals surface area contributed by atoms with Crippen LogP contribution in [0.3, 0.4) is 0 Å². The molecule has 0 radical (unpaired) electrons. The van der Waals surface area contributed by atoms with Gasteiger partial charge < -0.3 is 5.32 Å². The van der Waals surface area contributed by atoms with E-state index in [1.807, 2.05) is 12.1 Å². The zero-order chi connectivity index (χ0) is 15.4. The van der Waals surface area contributed by atoms with Gasteiger partial charge in [0.05, 0.1) is 6.54 Å². The van der Waals surface area contributed by atoms with Gasteiger partial charge in [0.15, 0.2) is 5.11 Å². The first-order valence-electron chi connectivity index (χ1n) is 7.44. The number of amides is 1. The third-order valence-corrected chi connectivity index (χ3v) is 4.35. The molecule has 3 nitrogen and oxygen atoms in total. The van der Waals surface area contributed by atoms with E-state index in [0.29, 0.717) is 18.2 Å². The number of carbonyl (C=O) groups is 1. The van der Waals surface area contributed by atoms with Gasteiger partial charge in [-0.15, -0.1) is 0 Å². The van der Waals surface area contributed by atoms with Gasteiger partial charge in [0.25, 0.3) is 0 Å². The second kappa shape index (κ2) is 6.71. The van der Waals surface area contributed by atoms with Gasteiger partial charge in [0.2, 0.25) is 5.91 Å².